The lowest BCUT2D eigenvalue weighted by Gasteiger charge is -2.05. The zero-order valence-electron chi connectivity index (χ0n) is 6.27. The van der Waals surface area contributed by atoms with E-state index < -0.39 is 0 Å². The molecule has 1 nitrogen and oxygen atoms in total. The third-order valence-corrected chi connectivity index (χ3v) is 2.17. The van der Waals surface area contributed by atoms with Crippen LogP contribution in [0.2, 0.25) is 0 Å². The summed E-state index contributed by atoms with van der Waals surface area (Å²) >= 11 is 0. The topological polar surface area (TPSA) is 26.0 Å². The highest BCUT2D eigenvalue weighted by Gasteiger charge is 2.20. The molecule has 1 rings (SSSR count). The highest BCUT2D eigenvalue weighted by Crippen LogP contribution is 2.34. The van der Waals surface area contributed by atoms with Crippen LogP contribution in [0.15, 0.2) is 0 Å². The van der Waals surface area contributed by atoms with Gasteiger partial charge >= 0.3 is 0 Å². The summed E-state index contributed by atoms with van der Waals surface area (Å²) in [6.07, 6.45) is 5.74. The summed E-state index contributed by atoms with van der Waals surface area (Å²) in [5.74, 6) is 1.84. The fourth-order valence-electron chi connectivity index (χ4n) is 1.04. The highest BCUT2D eigenvalue weighted by atomic mass is 14.5. The molecule has 54 valence electrons. The van der Waals surface area contributed by atoms with Crippen molar-refractivity contribution in [3.05, 3.63) is 0 Å². The molecular weight excluding hydrogens is 110 g/mol. The van der Waals surface area contributed by atoms with Gasteiger partial charge in [-0.15, -0.1) is 0 Å². The van der Waals surface area contributed by atoms with E-state index in [1.54, 1.807) is 0 Å². The second-order valence-corrected chi connectivity index (χ2v) is 3.36. The summed E-state index contributed by atoms with van der Waals surface area (Å²) < 4.78 is 0. The molecule has 0 bridgehead atoms. The fourth-order valence-corrected chi connectivity index (χ4v) is 1.04. The third-order valence-electron chi connectivity index (χ3n) is 2.17. The summed E-state index contributed by atoms with van der Waals surface area (Å²) in [4.78, 5) is 0. The van der Waals surface area contributed by atoms with E-state index in [0.717, 1.165) is 18.4 Å². The van der Waals surface area contributed by atoms with Gasteiger partial charge in [-0.05, 0) is 24.8 Å². The van der Waals surface area contributed by atoms with E-state index in [4.69, 9.17) is 5.73 Å². The molecule has 0 spiro atoms. The maximum atomic E-state index is 5.48. The van der Waals surface area contributed by atoms with Crippen LogP contribution in [0.25, 0.3) is 0 Å². The first-order valence-electron chi connectivity index (χ1n) is 4.03. The van der Waals surface area contributed by atoms with Gasteiger partial charge in [0.1, 0.15) is 0 Å². The molecule has 2 N–H and O–H groups in total. The zero-order chi connectivity index (χ0) is 6.69. The van der Waals surface area contributed by atoms with Crippen LogP contribution in [-0.2, 0) is 0 Å². The summed E-state index contributed by atoms with van der Waals surface area (Å²) in [6, 6.07) is 0. The van der Waals surface area contributed by atoms with Gasteiger partial charge in [0, 0.05) is 0 Å². The predicted molar refractivity (Wildman–Crippen MR) is 40.2 cm³/mol. The minimum absolute atomic E-state index is 0.755. The Bertz CT molecular complexity index is 76.6. The van der Waals surface area contributed by atoms with Crippen LogP contribution < -0.4 is 5.73 Å². The average Bonchev–Trinajstić information content (AvgIpc) is 2.65. The molecule has 0 aromatic heterocycles. The molecule has 0 aromatic carbocycles. The van der Waals surface area contributed by atoms with Gasteiger partial charge in [-0.2, -0.15) is 0 Å². The predicted octanol–water partition coefficient (Wildman–Crippen LogP) is 1.77. The minimum Gasteiger partial charge on any atom is -0.330 e. The van der Waals surface area contributed by atoms with Crippen LogP contribution in [0.5, 0.6) is 0 Å². The van der Waals surface area contributed by atoms with Crippen molar-refractivity contribution >= 4 is 0 Å². The van der Waals surface area contributed by atoms with Gasteiger partial charge in [0.05, 0.1) is 0 Å². The van der Waals surface area contributed by atoms with Crippen molar-refractivity contribution < 1.29 is 0 Å². The summed E-state index contributed by atoms with van der Waals surface area (Å²) in [5, 5.41) is 0. The van der Waals surface area contributed by atoms with E-state index in [9.17, 15) is 0 Å². The molecule has 1 fully saturated rings. The highest BCUT2D eigenvalue weighted by molar-refractivity contribution is 4.73. The second-order valence-electron chi connectivity index (χ2n) is 3.36. The van der Waals surface area contributed by atoms with E-state index in [1.807, 2.05) is 0 Å². The first-order chi connectivity index (χ1) is 4.33. The van der Waals surface area contributed by atoms with Gasteiger partial charge in [-0.25, -0.2) is 0 Å². The number of nitrogens with two attached hydrogens (primary N) is 1. The molecule has 0 aliphatic heterocycles. The molecule has 9 heavy (non-hydrogen) atoms. The maximum Gasteiger partial charge on any atom is -0.00515 e. The fraction of sp³-hybridized carbons (Fsp3) is 1.00. The second kappa shape index (κ2) is 3.21. The Kier molecular flexibility index (Phi) is 2.52. The van der Waals surface area contributed by atoms with Crippen molar-refractivity contribution in [1.29, 1.82) is 0 Å². The van der Waals surface area contributed by atoms with Crippen molar-refractivity contribution in [3.8, 4) is 0 Å². The first-order valence-corrected chi connectivity index (χ1v) is 4.03. The molecule has 0 amide bonds. The normalized spacial score (nSPS) is 22.0. The van der Waals surface area contributed by atoms with Crippen molar-refractivity contribution in [2.45, 2.75) is 32.6 Å². The standard InChI is InChI=1S/C8H17N/c1-7(6-9)2-3-8-4-5-8/h7-8H,2-6,9H2,1H3/t7-/m0/s1. The lowest BCUT2D eigenvalue weighted by atomic mass is 10.0. The van der Waals surface area contributed by atoms with Gasteiger partial charge in [-0.3, -0.25) is 0 Å². The van der Waals surface area contributed by atoms with E-state index >= 15 is 0 Å². The van der Waals surface area contributed by atoms with Crippen LogP contribution in [-0.4, -0.2) is 6.54 Å². The molecule has 1 saturated carbocycles. The Hall–Kier alpha value is -0.0400. The van der Waals surface area contributed by atoms with Gasteiger partial charge in [0.2, 0.25) is 0 Å². The van der Waals surface area contributed by atoms with Gasteiger partial charge in [0.25, 0.3) is 0 Å². The molecule has 0 saturated heterocycles. The molecule has 1 aliphatic carbocycles. The Labute approximate surface area is 57.6 Å². The molecule has 1 aliphatic rings. The lowest BCUT2D eigenvalue weighted by Crippen LogP contribution is -2.10. The maximum absolute atomic E-state index is 5.48. The summed E-state index contributed by atoms with van der Waals surface area (Å²) in [7, 11) is 0. The molecule has 0 aromatic rings. The zero-order valence-corrected chi connectivity index (χ0v) is 6.27. The minimum atomic E-state index is 0.755. The van der Waals surface area contributed by atoms with E-state index in [1.165, 1.54) is 25.7 Å². The molecule has 0 radical (unpaired) electrons. The average molecular weight is 127 g/mol. The van der Waals surface area contributed by atoms with Crippen LogP contribution in [0.3, 0.4) is 0 Å². The lowest BCUT2D eigenvalue weighted by molar-refractivity contribution is 0.499. The van der Waals surface area contributed by atoms with E-state index in [2.05, 4.69) is 6.92 Å². The molecular formula is C8H17N. The Morgan fingerprint density at radius 1 is 1.56 bits per heavy atom. The molecule has 1 atom stereocenters. The SMILES string of the molecule is C[C@H](CN)CCC1CC1. The molecule has 0 heterocycles. The Balaban J connectivity index is 1.90. The summed E-state index contributed by atoms with van der Waals surface area (Å²) in [6.45, 7) is 3.11. The van der Waals surface area contributed by atoms with Crippen molar-refractivity contribution in [1.82, 2.24) is 0 Å². The molecule has 0 unspecified atom stereocenters. The van der Waals surface area contributed by atoms with E-state index in [-0.39, 0.29) is 0 Å². The van der Waals surface area contributed by atoms with Crippen LogP contribution in [0.4, 0.5) is 0 Å². The third kappa shape index (κ3) is 2.85. The van der Waals surface area contributed by atoms with Crippen LogP contribution in [0, 0.1) is 11.8 Å². The Morgan fingerprint density at radius 3 is 2.67 bits per heavy atom. The van der Waals surface area contributed by atoms with E-state index in [0.29, 0.717) is 0 Å². The van der Waals surface area contributed by atoms with Gasteiger partial charge in [0.15, 0.2) is 0 Å². The van der Waals surface area contributed by atoms with Crippen molar-refractivity contribution in [2.75, 3.05) is 6.54 Å². The quantitative estimate of drug-likeness (QED) is 0.612. The first kappa shape index (κ1) is 7.07. The largest absolute Gasteiger partial charge is 0.330 e. The van der Waals surface area contributed by atoms with Crippen LogP contribution >= 0.6 is 0 Å². The van der Waals surface area contributed by atoms with Gasteiger partial charge in [-0.1, -0.05) is 26.2 Å². The Morgan fingerprint density at radius 2 is 2.22 bits per heavy atom. The number of hydrogen-bond donors (Lipinski definition) is 1. The van der Waals surface area contributed by atoms with Crippen molar-refractivity contribution in [3.63, 3.8) is 0 Å². The number of rotatable bonds is 4. The van der Waals surface area contributed by atoms with Crippen molar-refractivity contribution in [2.24, 2.45) is 17.6 Å². The smallest absolute Gasteiger partial charge is 0.00515 e. The summed E-state index contributed by atoms with van der Waals surface area (Å²) in [5.41, 5.74) is 5.48. The van der Waals surface area contributed by atoms with Crippen LogP contribution in [0.1, 0.15) is 32.6 Å². The molecule has 1 heteroatoms. The van der Waals surface area contributed by atoms with Gasteiger partial charge < -0.3 is 5.73 Å². The monoisotopic (exact) mass is 127 g/mol. The number of hydrogen-bond acceptors (Lipinski definition) is 1.